The lowest BCUT2D eigenvalue weighted by atomic mass is 10.2. The van der Waals surface area contributed by atoms with Gasteiger partial charge in [-0.2, -0.15) is 0 Å². The molecule has 3 amide bonds. The number of Topliss-reactive ketones (excluding diaryl/α,β-unsaturated/α-hetero) is 1. The van der Waals surface area contributed by atoms with E-state index in [-0.39, 0.29) is 15.8 Å². The topological polar surface area (TPSA) is 110 Å². The number of carbonyl (C=O) groups excluding carboxylic acids is 4. The number of hydrogen-bond acceptors (Lipinski definition) is 6. The summed E-state index contributed by atoms with van der Waals surface area (Å²) >= 11 is 6.19. The molecule has 0 bridgehead atoms. The number of benzene rings is 1. The standard InChI is InChI=1S/C17H15N3O4S2/c1-9(21)13(15(18)23)8-20-16(24)14(26-17(20)25)7-11-3-5-12(6-4-11)19-10(2)22/h3-8H,1-2H3,(H2,18,23)(H,19,22)/b13-8+,14-7-. The zero-order valence-electron chi connectivity index (χ0n) is 13.9. The van der Waals surface area contributed by atoms with E-state index in [0.717, 1.165) is 28.4 Å². The summed E-state index contributed by atoms with van der Waals surface area (Å²) < 4.78 is 0.191. The van der Waals surface area contributed by atoms with Gasteiger partial charge in [-0.1, -0.05) is 36.1 Å². The second kappa shape index (κ2) is 8.07. The van der Waals surface area contributed by atoms with Crippen molar-refractivity contribution in [2.45, 2.75) is 13.8 Å². The molecule has 1 heterocycles. The summed E-state index contributed by atoms with van der Waals surface area (Å²) in [4.78, 5) is 47.7. The van der Waals surface area contributed by atoms with Crippen LogP contribution in [0.2, 0.25) is 0 Å². The van der Waals surface area contributed by atoms with Gasteiger partial charge in [0.25, 0.3) is 11.8 Å². The number of nitrogens with one attached hydrogen (secondary N) is 1. The Morgan fingerprint density at radius 1 is 1.19 bits per heavy atom. The number of rotatable bonds is 5. The van der Waals surface area contributed by atoms with Crippen molar-refractivity contribution in [3.05, 3.63) is 46.5 Å². The smallest absolute Gasteiger partial charge is 0.270 e. The molecule has 0 atom stereocenters. The van der Waals surface area contributed by atoms with E-state index in [1.807, 2.05) is 0 Å². The second-order valence-electron chi connectivity index (χ2n) is 5.32. The molecule has 2 rings (SSSR count). The number of nitrogens with zero attached hydrogens (tertiary/aromatic N) is 1. The minimum Gasteiger partial charge on any atom is -0.365 e. The van der Waals surface area contributed by atoms with Gasteiger partial charge in [-0.3, -0.25) is 24.1 Å². The molecule has 0 spiro atoms. The van der Waals surface area contributed by atoms with Crippen molar-refractivity contribution in [3.8, 4) is 0 Å². The molecule has 1 saturated heterocycles. The van der Waals surface area contributed by atoms with Crippen molar-refractivity contribution in [1.29, 1.82) is 0 Å². The van der Waals surface area contributed by atoms with Crippen LogP contribution in [0.25, 0.3) is 6.08 Å². The molecule has 0 radical (unpaired) electrons. The SMILES string of the molecule is CC(=O)Nc1ccc(/C=C2\SC(=S)N(/C=C(\C(C)=O)C(N)=O)C2=O)cc1. The average molecular weight is 389 g/mol. The van der Waals surface area contributed by atoms with Crippen LogP contribution in [0.1, 0.15) is 19.4 Å². The lowest BCUT2D eigenvalue weighted by Gasteiger charge is -2.09. The van der Waals surface area contributed by atoms with Gasteiger partial charge in [-0.25, -0.2) is 0 Å². The molecule has 1 aliphatic heterocycles. The first kappa shape index (κ1) is 19.5. The number of nitrogens with two attached hydrogens (primary N) is 1. The highest BCUT2D eigenvalue weighted by molar-refractivity contribution is 8.26. The quantitative estimate of drug-likeness (QED) is 0.344. The molecule has 0 aromatic heterocycles. The molecule has 0 aliphatic carbocycles. The van der Waals surface area contributed by atoms with Gasteiger partial charge in [-0.05, 0) is 30.7 Å². The third-order valence-corrected chi connectivity index (χ3v) is 4.59. The van der Waals surface area contributed by atoms with Crippen LogP contribution in [-0.2, 0) is 19.2 Å². The summed E-state index contributed by atoms with van der Waals surface area (Å²) in [6, 6.07) is 6.87. The van der Waals surface area contributed by atoms with E-state index in [9.17, 15) is 19.2 Å². The number of amides is 3. The van der Waals surface area contributed by atoms with Crippen LogP contribution in [0.4, 0.5) is 5.69 Å². The van der Waals surface area contributed by atoms with Crippen LogP contribution in [0, 0.1) is 0 Å². The average Bonchev–Trinajstić information content (AvgIpc) is 2.80. The van der Waals surface area contributed by atoms with Gasteiger partial charge >= 0.3 is 0 Å². The van der Waals surface area contributed by atoms with Gasteiger partial charge in [0.15, 0.2) is 10.1 Å². The minimum atomic E-state index is -0.927. The first-order chi connectivity index (χ1) is 12.2. The minimum absolute atomic E-state index is 0.180. The Morgan fingerprint density at radius 2 is 1.81 bits per heavy atom. The van der Waals surface area contributed by atoms with Crippen molar-refractivity contribution in [3.63, 3.8) is 0 Å². The lowest BCUT2D eigenvalue weighted by Crippen LogP contribution is -2.27. The largest absolute Gasteiger partial charge is 0.365 e. The molecule has 26 heavy (non-hydrogen) atoms. The first-order valence-corrected chi connectivity index (χ1v) is 8.59. The number of anilines is 1. The van der Waals surface area contributed by atoms with Crippen LogP contribution in [0.3, 0.4) is 0 Å². The second-order valence-corrected chi connectivity index (χ2v) is 6.99. The van der Waals surface area contributed by atoms with Crippen molar-refractivity contribution in [2.24, 2.45) is 5.73 Å². The highest BCUT2D eigenvalue weighted by Gasteiger charge is 2.32. The third kappa shape index (κ3) is 4.64. The van der Waals surface area contributed by atoms with E-state index in [4.69, 9.17) is 18.0 Å². The van der Waals surface area contributed by atoms with Gasteiger partial charge in [0, 0.05) is 18.8 Å². The maximum absolute atomic E-state index is 12.5. The van der Waals surface area contributed by atoms with E-state index in [0.29, 0.717) is 10.6 Å². The molecule has 1 aromatic rings. The molecule has 0 unspecified atom stereocenters. The molecular formula is C17H15N3O4S2. The molecule has 0 saturated carbocycles. The molecule has 1 fully saturated rings. The number of thioether (sulfide) groups is 1. The predicted molar refractivity (Wildman–Crippen MR) is 104 cm³/mol. The van der Waals surface area contributed by atoms with Crippen molar-refractivity contribution in [1.82, 2.24) is 4.90 Å². The fourth-order valence-electron chi connectivity index (χ4n) is 2.07. The maximum atomic E-state index is 12.5. The van der Waals surface area contributed by atoms with Gasteiger partial charge in [0.05, 0.1) is 10.5 Å². The summed E-state index contributed by atoms with van der Waals surface area (Å²) in [6.07, 6.45) is 2.70. The van der Waals surface area contributed by atoms with Crippen LogP contribution >= 0.6 is 24.0 Å². The highest BCUT2D eigenvalue weighted by atomic mass is 32.2. The Labute approximate surface area is 159 Å². The van der Waals surface area contributed by atoms with E-state index < -0.39 is 17.6 Å². The number of thiocarbonyl (C=S) groups is 1. The Morgan fingerprint density at radius 3 is 2.31 bits per heavy atom. The molecule has 3 N–H and O–H groups in total. The number of primary amides is 1. The Hall–Kier alpha value is -2.78. The van der Waals surface area contributed by atoms with Gasteiger partial charge in [0.1, 0.15) is 0 Å². The fourth-order valence-corrected chi connectivity index (χ4v) is 3.27. The highest BCUT2D eigenvalue weighted by Crippen LogP contribution is 2.33. The van der Waals surface area contributed by atoms with Crippen LogP contribution < -0.4 is 11.1 Å². The monoisotopic (exact) mass is 389 g/mol. The zero-order valence-corrected chi connectivity index (χ0v) is 15.6. The molecule has 1 aliphatic rings. The van der Waals surface area contributed by atoms with Crippen molar-refractivity contribution >= 4 is 63.6 Å². The lowest BCUT2D eigenvalue weighted by molar-refractivity contribution is -0.120. The predicted octanol–water partition coefficient (Wildman–Crippen LogP) is 1.80. The van der Waals surface area contributed by atoms with E-state index >= 15 is 0 Å². The fraction of sp³-hybridized carbons (Fsp3) is 0.118. The Balaban J connectivity index is 2.26. The number of hydrogen-bond donors (Lipinski definition) is 2. The Kier molecular flexibility index (Phi) is 6.06. The summed E-state index contributed by atoms with van der Waals surface area (Å²) in [5, 5.41) is 2.65. The first-order valence-electron chi connectivity index (χ1n) is 7.36. The third-order valence-electron chi connectivity index (χ3n) is 3.26. The zero-order chi connectivity index (χ0) is 19.4. The van der Waals surface area contributed by atoms with E-state index in [1.165, 1.54) is 13.8 Å². The van der Waals surface area contributed by atoms with E-state index in [2.05, 4.69) is 5.32 Å². The van der Waals surface area contributed by atoms with Crippen LogP contribution in [-0.4, -0.2) is 32.7 Å². The normalized spacial score (nSPS) is 16.2. The van der Waals surface area contributed by atoms with Crippen LogP contribution in [0.5, 0.6) is 0 Å². The van der Waals surface area contributed by atoms with E-state index in [1.54, 1.807) is 30.3 Å². The molecule has 9 heteroatoms. The summed E-state index contributed by atoms with van der Waals surface area (Å²) in [6.45, 7) is 2.59. The molecule has 7 nitrogen and oxygen atoms in total. The van der Waals surface area contributed by atoms with Crippen molar-refractivity contribution < 1.29 is 19.2 Å². The summed E-state index contributed by atoms with van der Waals surface area (Å²) in [5.41, 5.74) is 6.21. The maximum Gasteiger partial charge on any atom is 0.270 e. The Bertz CT molecular complexity index is 856. The summed E-state index contributed by atoms with van der Waals surface area (Å²) in [5.74, 6) is -2.11. The molecular weight excluding hydrogens is 374 g/mol. The van der Waals surface area contributed by atoms with Crippen LogP contribution in [0.15, 0.2) is 40.9 Å². The molecule has 1 aromatic carbocycles. The number of carbonyl (C=O) groups is 4. The number of ketones is 1. The van der Waals surface area contributed by atoms with Gasteiger partial charge in [0.2, 0.25) is 5.91 Å². The summed E-state index contributed by atoms with van der Waals surface area (Å²) in [7, 11) is 0. The molecule has 134 valence electrons. The van der Waals surface area contributed by atoms with Gasteiger partial charge < -0.3 is 11.1 Å². The van der Waals surface area contributed by atoms with Crippen molar-refractivity contribution in [2.75, 3.05) is 5.32 Å². The van der Waals surface area contributed by atoms with Gasteiger partial charge in [-0.15, -0.1) is 0 Å².